The van der Waals surface area contributed by atoms with Gasteiger partial charge >= 0.3 is 0 Å². The average molecular weight is 325 g/mol. The van der Waals surface area contributed by atoms with Crippen LogP contribution in [-0.2, 0) is 10.0 Å². The van der Waals surface area contributed by atoms with Gasteiger partial charge in [-0.15, -0.1) is 0 Å². The summed E-state index contributed by atoms with van der Waals surface area (Å²) in [6, 6.07) is 5.97. The molecule has 1 aliphatic heterocycles. The molecule has 1 aliphatic rings. The summed E-state index contributed by atoms with van der Waals surface area (Å²) in [5.74, 6) is 0.113. The quantitative estimate of drug-likeness (QED) is 0.906. The number of hydrogen-bond acceptors (Lipinski definition) is 5. The van der Waals surface area contributed by atoms with Crippen molar-refractivity contribution in [3.63, 3.8) is 0 Å². The van der Waals surface area contributed by atoms with Gasteiger partial charge in [-0.05, 0) is 44.0 Å². The van der Waals surface area contributed by atoms with Crippen LogP contribution in [0, 0.1) is 6.92 Å². The Kier molecular flexibility index (Phi) is 4.14. The number of aromatic nitrogens is 1. The lowest BCUT2D eigenvalue weighted by atomic mass is 10.1. The van der Waals surface area contributed by atoms with Gasteiger partial charge in [-0.3, -0.25) is 4.72 Å². The number of nitrogens with zero attached hydrogens (tertiary/aromatic N) is 1. The lowest BCUT2D eigenvalue weighted by Crippen LogP contribution is -2.40. The van der Waals surface area contributed by atoms with Gasteiger partial charge in [0.15, 0.2) is 5.13 Å². The summed E-state index contributed by atoms with van der Waals surface area (Å²) in [6.07, 6.45) is 3.13. The zero-order valence-electron chi connectivity index (χ0n) is 11.9. The maximum Gasteiger partial charge on any atom is 0.236 e. The minimum Gasteiger partial charge on any atom is -0.313 e. The summed E-state index contributed by atoms with van der Waals surface area (Å²) in [5.41, 5.74) is 1.98. The Balaban J connectivity index is 1.73. The Morgan fingerprint density at radius 3 is 3.05 bits per heavy atom. The number of rotatable bonds is 4. The highest BCUT2D eigenvalue weighted by molar-refractivity contribution is 7.92. The predicted octanol–water partition coefficient (Wildman–Crippen LogP) is 2.49. The van der Waals surface area contributed by atoms with Crippen molar-refractivity contribution in [3.05, 3.63) is 23.8 Å². The first-order valence-corrected chi connectivity index (χ1v) is 9.60. The van der Waals surface area contributed by atoms with Crippen molar-refractivity contribution in [2.45, 2.75) is 32.2 Å². The normalized spacial score (nSPS) is 19.8. The molecule has 1 atom stereocenters. The monoisotopic (exact) mass is 325 g/mol. The number of fused-ring (bicyclic) bond motifs is 1. The van der Waals surface area contributed by atoms with E-state index in [1.807, 2.05) is 25.1 Å². The lowest BCUT2D eigenvalue weighted by molar-refractivity contribution is 0.424. The molecule has 1 fully saturated rings. The number of anilines is 1. The third-order valence-corrected chi connectivity index (χ3v) is 6.03. The van der Waals surface area contributed by atoms with E-state index in [2.05, 4.69) is 15.0 Å². The molecule has 3 rings (SSSR count). The number of sulfonamides is 1. The molecule has 0 spiro atoms. The molecule has 2 N–H and O–H groups in total. The van der Waals surface area contributed by atoms with E-state index in [9.17, 15) is 8.42 Å². The van der Waals surface area contributed by atoms with Gasteiger partial charge < -0.3 is 5.32 Å². The summed E-state index contributed by atoms with van der Waals surface area (Å²) in [6.45, 7) is 2.92. The van der Waals surface area contributed by atoms with E-state index in [4.69, 9.17) is 0 Å². The standard InChI is InChI=1S/C14H19N3O2S2/c1-10-5-6-12-13(8-10)20-14(16-12)17-21(18,19)9-11-4-2-3-7-15-11/h5-6,8,11,15H,2-4,7,9H2,1H3,(H,16,17). The van der Waals surface area contributed by atoms with E-state index in [-0.39, 0.29) is 11.8 Å². The average Bonchev–Trinajstić information content (AvgIpc) is 2.79. The topological polar surface area (TPSA) is 71.1 Å². The van der Waals surface area contributed by atoms with E-state index in [1.54, 1.807) is 0 Å². The molecule has 21 heavy (non-hydrogen) atoms. The van der Waals surface area contributed by atoms with Gasteiger partial charge in [0, 0.05) is 6.04 Å². The van der Waals surface area contributed by atoms with Crippen LogP contribution in [0.25, 0.3) is 10.2 Å². The summed E-state index contributed by atoms with van der Waals surface area (Å²) >= 11 is 1.38. The summed E-state index contributed by atoms with van der Waals surface area (Å²) in [5, 5.41) is 3.71. The van der Waals surface area contributed by atoms with E-state index in [0.29, 0.717) is 5.13 Å². The second-order valence-electron chi connectivity index (χ2n) is 5.52. The number of aryl methyl sites for hydroxylation is 1. The first kappa shape index (κ1) is 14.7. The second kappa shape index (κ2) is 5.90. The molecule has 0 amide bonds. The molecule has 2 heterocycles. The van der Waals surface area contributed by atoms with E-state index < -0.39 is 10.0 Å². The molecule has 5 nitrogen and oxygen atoms in total. The maximum absolute atomic E-state index is 12.2. The van der Waals surface area contributed by atoms with Crippen LogP contribution in [0.3, 0.4) is 0 Å². The Hall–Kier alpha value is -1.18. The fourth-order valence-corrected chi connectivity index (χ4v) is 5.15. The van der Waals surface area contributed by atoms with Crippen molar-refractivity contribution in [1.82, 2.24) is 10.3 Å². The Morgan fingerprint density at radius 2 is 2.29 bits per heavy atom. The highest BCUT2D eigenvalue weighted by atomic mass is 32.2. The lowest BCUT2D eigenvalue weighted by Gasteiger charge is -2.23. The van der Waals surface area contributed by atoms with Crippen LogP contribution in [0.1, 0.15) is 24.8 Å². The van der Waals surface area contributed by atoms with Crippen molar-refractivity contribution in [1.29, 1.82) is 0 Å². The van der Waals surface area contributed by atoms with Crippen molar-refractivity contribution in [3.8, 4) is 0 Å². The Bertz CT molecular complexity index is 734. The van der Waals surface area contributed by atoms with Crippen molar-refractivity contribution in [2.24, 2.45) is 0 Å². The van der Waals surface area contributed by atoms with E-state index in [1.165, 1.54) is 11.3 Å². The second-order valence-corrected chi connectivity index (χ2v) is 8.32. The summed E-state index contributed by atoms with van der Waals surface area (Å²) in [7, 11) is -3.36. The van der Waals surface area contributed by atoms with Crippen LogP contribution < -0.4 is 10.0 Å². The summed E-state index contributed by atoms with van der Waals surface area (Å²) < 4.78 is 28.1. The largest absolute Gasteiger partial charge is 0.313 e. The Labute approximate surface area is 128 Å². The van der Waals surface area contributed by atoms with Crippen molar-refractivity contribution in [2.75, 3.05) is 17.0 Å². The molecule has 1 aromatic carbocycles. The molecule has 0 aliphatic carbocycles. The molecule has 0 saturated carbocycles. The molecule has 1 saturated heterocycles. The predicted molar refractivity (Wildman–Crippen MR) is 87.4 cm³/mol. The van der Waals surface area contributed by atoms with Crippen molar-refractivity contribution >= 4 is 36.7 Å². The third-order valence-electron chi connectivity index (χ3n) is 3.62. The fraction of sp³-hybridized carbons (Fsp3) is 0.500. The zero-order valence-corrected chi connectivity index (χ0v) is 13.6. The zero-order chi connectivity index (χ0) is 14.9. The fourth-order valence-electron chi connectivity index (χ4n) is 2.58. The third kappa shape index (κ3) is 3.72. The van der Waals surface area contributed by atoms with Gasteiger partial charge in [-0.1, -0.05) is 23.8 Å². The van der Waals surface area contributed by atoms with Crippen LogP contribution in [0.15, 0.2) is 18.2 Å². The first-order chi connectivity index (χ1) is 10.0. The molecule has 2 aromatic rings. The molecule has 7 heteroatoms. The number of piperidine rings is 1. The van der Waals surface area contributed by atoms with Gasteiger partial charge in [0.05, 0.1) is 16.0 Å². The van der Waals surface area contributed by atoms with E-state index in [0.717, 1.165) is 41.6 Å². The van der Waals surface area contributed by atoms with Gasteiger partial charge in [0.25, 0.3) is 0 Å². The highest BCUT2D eigenvalue weighted by Gasteiger charge is 2.21. The number of nitrogens with one attached hydrogen (secondary N) is 2. The summed E-state index contributed by atoms with van der Waals surface area (Å²) in [4.78, 5) is 4.34. The van der Waals surface area contributed by atoms with Gasteiger partial charge in [-0.2, -0.15) is 0 Å². The first-order valence-electron chi connectivity index (χ1n) is 7.13. The number of thiazole rings is 1. The molecule has 0 radical (unpaired) electrons. The van der Waals surface area contributed by atoms with Gasteiger partial charge in [0.2, 0.25) is 10.0 Å². The minimum absolute atomic E-state index is 0.0490. The van der Waals surface area contributed by atoms with E-state index >= 15 is 0 Å². The Morgan fingerprint density at radius 1 is 1.43 bits per heavy atom. The minimum atomic E-state index is -3.36. The van der Waals surface area contributed by atoms with Crippen LogP contribution in [-0.4, -0.2) is 31.7 Å². The van der Waals surface area contributed by atoms with Crippen molar-refractivity contribution < 1.29 is 8.42 Å². The maximum atomic E-state index is 12.2. The van der Waals surface area contributed by atoms with Crippen LogP contribution >= 0.6 is 11.3 Å². The molecule has 0 bridgehead atoms. The number of hydrogen-bond donors (Lipinski definition) is 2. The SMILES string of the molecule is Cc1ccc2nc(NS(=O)(=O)CC3CCCCN3)sc2c1. The molecular formula is C14H19N3O2S2. The van der Waals surface area contributed by atoms with Crippen LogP contribution in [0.2, 0.25) is 0 Å². The molecule has 1 unspecified atom stereocenters. The van der Waals surface area contributed by atoms with Gasteiger partial charge in [-0.25, -0.2) is 13.4 Å². The molecule has 1 aromatic heterocycles. The molecular weight excluding hydrogens is 306 g/mol. The molecule has 114 valence electrons. The van der Waals surface area contributed by atoms with Crippen LogP contribution in [0.4, 0.5) is 5.13 Å². The highest BCUT2D eigenvalue weighted by Crippen LogP contribution is 2.27. The number of benzene rings is 1. The van der Waals surface area contributed by atoms with Crippen LogP contribution in [0.5, 0.6) is 0 Å². The smallest absolute Gasteiger partial charge is 0.236 e. The van der Waals surface area contributed by atoms with Gasteiger partial charge in [0.1, 0.15) is 0 Å².